The van der Waals surface area contributed by atoms with Gasteiger partial charge in [-0.05, 0) is 38.7 Å². The van der Waals surface area contributed by atoms with E-state index in [-0.39, 0.29) is 5.60 Å². The quantitative estimate of drug-likeness (QED) is 0.851. The molecule has 0 radical (unpaired) electrons. The van der Waals surface area contributed by atoms with Gasteiger partial charge in [-0.1, -0.05) is 12.5 Å². The molecule has 0 atom stereocenters. The van der Waals surface area contributed by atoms with Crippen molar-refractivity contribution in [3.8, 4) is 5.88 Å². The fourth-order valence-electron chi connectivity index (χ4n) is 2.31. The summed E-state index contributed by atoms with van der Waals surface area (Å²) in [6.07, 6.45) is 7.83. The van der Waals surface area contributed by atoms with Gasteiger partial charge in [0.2, 0.25) is 5.88 Å². The summed E-state index contributed by atoms with van der Waals surface area (Å²) in [7, 11) is 0. The van der Waals surface area contributed by atoms with E-state index in [2.05, 4.69) is 11.9 Å². The van der Waals surface area contributed by atoms with Gasteiger partial charge >= 0.3 is 0 Å². The lowest BCUT2D eigenvalue weighted by atomic mass is 9.86. The summed E-state index contributed by atoms with van der Waals surface area (Å²) in [6, 6.07) is 3.88. The number of ether oxygens (including phenoxy) is 1. The van der Waals surface area contributed by atoms with E-state index in [1.807, 2.05) is 12.1 Å². The second kappa shape index (κ2) is 4.83. The molecule has 0 saturated heterocycles. The predicted octanol–water partition coefficient (Wildman–Crippen LogP) is 2.64. The topological polar surface area (TPSA) is 48.1 Å². The maximum absolute atomic E-state index is 6.07. The summed E-state index contributed by atoms with van der Waals surface area (Å²) in [5.41, 5.74) is 6.63. The van der Waals surface area contributed by atoms with Crippen molar-refractivity contribution in [3.63, 3.8) is 0 Å². The molecule has 1 fully saturated rings. The van der Waals surface area contributed by atoms with Crippen LogP contribution >= 0.6 is 0 Å². The van der Waals surface area contributed by atoms with Crippen molar-refractivity contribution in [2.75, 3.05) is 0 Å². The molecule has 3 heteroatoms. The first-order chi connectivity index (χ1) is 7.73. The Morgan fingerprint density at radius 2 is 2.12 bits per heavy atom. The summed E-state index contributed by atoms with van der Waals surface area (Å²) < 4.78 is 6.07. The van der Waals surface area contributed by atoms with Gasteiger partial charge in [0.05, 0.1) is 0 Å². The highest BCUT2D eigenvalue weighted by molar-refractivity contribution is 5.25. The van der Waals surface area contributed by atoms with Crippen molar-refractivity contribution < 1.29 is 4.74 Å². The minimum absolute atomic E-state index is 0.0451. The Hall–Kier alpha value is -1.09. The number of hydrogen-bond donors (Lipinski definition) is 1. The van der Waals surface area contributed by atoms with Crippen molar-refractivity contribution in [1.82, 2.24) is 4.98 Å². The summed E-state index contributed by atoms with van der Waals surface area (Å²) in [4.78, 5) is 4.29. The summed E-state index contributed by atoms with van der Waals surface area (Å²) >= 11 is 0. The van der Waals surface area contributed by atoms with Crippen LogP contribution in [0.5, 0.6) is 5.88 Å². The molecule has 1 saturated carbocycles. The Bertz CT molecular complexity index is 346. The SMILES string of the molecule is CC1(Oc2ncccc2CN)CCCCC1. The van der Waals surface area contributed by atoms with Crippen LogP contribution in [0, 0.1) is 0 Å². The number of pyridine rings is 1. The van der Waals surface area contributed by atoms with Crippen LogP contribution in [0.4, 0.5) is 0 Å². The highest BCUT2D eigenvalue weighted by Crippen LogP contribution is 2.32. The fraction of sp³-hybridized carbons (Fsp3) is 0.615. The average Bonchev–Trinajstić information content (AvgIpc) is 2.30. The van der Waals surface area contributed by atoms with Crippen molar-refractivity contribution in [3.05, 3.63) is 23.9 Å². The second-order valence-electron chi connectivity index (χ2n) is 4.78. The molecule has 3 nitrogen and oxygen atoms in total. The van der Waals surface area contributed by atoms with Gasteiger partial charge in [-0.15, -0.1) is 0 Å². The second-order valence-corrected chi connectivity index (χ2v) is 4.78. The molecule has 0 aromatic carbocycles. The van der Waals surface area contributed by atoms with Gasteiger partial charge in [-0.3, -0.25) is 0 Å². The van der Waals surface area contributed by atoms with Crippen molar-refractivity contribution >= 4 is 0 Å². The van der Waals surface area contributed by atoms with Crippen molar-refractivity contribution in [2.24, 2.45) is 5.73 Å². The molecule has 0 bridgehead atoms. The van der Waals surface area contributed by atoms with Crippen LogP contribution in [-0.4, -0.2) is 10.6 Å². The van der Waals surface area contributed by atoms with Gasteiger partial charge in [-0.25, -0.2) is 4.98 Å². The highest BCUT2D eigenvalue weighted by atomic mass is 16.5. The Morgan fingerprint density at radius 3 is 2.81 bits per heavy atom. The zero-order chi connectivity index (χ0) is 11.4. The molecule has 1 aliphatic rings. The van der Waals surface area contributed by atoms with Gasteiger partial charge in [0.1, 0.15) is 5.60 Å². The van der Waals surface area contributed by atoms with E-state index in [0.29, 0.717) is 6.54 Å². The molecule has 2 rings (SSSR count). The van der Waals surface area contributed by atoms with Gasteiger partial charge < -0.3 is 10.5 Å². The van der Waals surface area contributed by atoms with Crippen molar-refractivity contribution in [2.45, 2.75) is 51.2 Å². The molecule has 16 heavy (non-hydrogen) atoms. The van der Waals surface area contributed by atoms with E-state index < -0.39 is 0 Å². The Kier molecular flexibility index (Phi) is 3.44. The zero-order valence-corrected chi connectivity index (χ0v) is 9.91. The van der Waals surface area contributed by atoms with Crippen LogP contribution in [0.25, 0.3) is 0 Å². The number of hydrogen-bond acceptors (Lipinski definition) is 3. The molecule has 0 unspecified atom stereocenters. The number of aromatic nitrogens is 1. The first-order valence-corrected chi connectivity index (χ1v) is 6.06. The average molecular weight is 220 g/mol. The van der Waals surface area contributed by atoms with Crippen LogP contribution in [0.2, 0.25) is 0 Å². The van der Waals surface area contributed by atoms with Crippen LogP contribution in [0.3, 0.4) is 0 Å². The van der Waals surface area contributed by atoms with Crippen LogP contribution in [0.15, 0.2) is 18.3 Å². The monoisotopic (exact) mass is 220 g/mol. The highest BCUT2D eigenvalue weighted by Gasteiger charge is 2.29. The molecule has 0 spiro atoms. The third-order valence-electron chi connectivity index (χ3n) is 3.32. The van der Waals surface area contributed by atoms with Gasteiger partial charge in [-0.2, -0.15) is 0 Å². The maximum atomic E-state index is 6.07. The van der Waals surface area contributed by atoms with Crippen LogP contribution in [-0.2, 0) is 6.54 Å². The molecule has 0 aliphatic heterocycles. The Labute approximate surface area is 97.0 Å². The number of nitrogens with zero attached hydrogens (tertiary/aromatic N) is 1. The van der Waals surface area contributed by atoms with E-state index in [4.69, 9.17) is 10.5 Å². The summed E-state index contributed by atoms with van der Waals surface area (Å²) in [5.74, 6) is 0.717. The lowest BCUT2D eigenvalue weighted by Gasteiger charge is -2.34. The van der Waals surface area contributed by atoms with E-state index in [1.54, 1.807) is 6.20 Å². The third kappa shape index (κ3) is 2.53. The summed E-state index contributed by atoms with van der Waals surface area (Å²) in [6.45, 7) is 2.67. The molecular formula is C13H20N2O. The largest absolute Gasteiger partial charge is 0.471 e. The summed E-state index contributed by atoms with van der Waals surface area (Å²) in [5, 5.41) is 0. The maximum Gasteiger partial charge on any atom is 0.218 e. The molecule has 1 heterocycles. The smallest absolute Gasteiger partial charge is 0.218 e. The molecule has 1 aliphatic carbocycles. The van der Waals surface area contributed by atoms with E-state index in [1.165, 1.54) is 19.3 Å². The van der Waals surface area contributed by atoms with Crippen molar-refractivity contribution in [1.29, 1.82) is 0 Å². The van der Waals surface area contributed by atoms with Crippen LogP contribution < -0.4 is 10.5 Å². The van der Waals surface area contributed by atoms with E-state index >= 15 is 0 Å². The molecule has 1 aromatic heterocycles. The molecule has 0 amide bonds. The van der Waals surface area contributed by atoms with Crippen LogP contribution in [0.1, 0.15) is 44.6 Å². The Morgan fingerprint density at radius 1 is 1.38 bits per heavy atom. The van der Waals surface area contributed by atoms with E-state index in [0.717, 1.165) is 24.3 Å². The minimum Gasteiger partial charge on any atom is -0.471 e. The number of nitrogens with two attached hydrogens (primary N) is 1. The van der Waals surface area contributed by atoms with Gasteiger partial charge in [0, 0.05) is 18.3 Å². The van der Waals surface area contributed by atoms with E-state index in [9.17, 15) is 0 Å². The van der Waals surface area contributed by atoms with Gasteiger partial charge in [0.25, 0.3) is 0 Å². The first-order valence-electron chi connectivity index (χ1n) is 6.06. The first kappa shape index (κ1) is 11.4. The molecule has 88 valence electrons. The lowest BCUT2D eigenvalue weighted by molar-refractivity contribution is 0.0431. The standard InChI is InChI=1S/C13H20N2O/c1-13(7-3-2-4-8-13)16-12-11(10-14)6-5-9-15-12/h5-6,9H,2-4,7-8,10,14H2,1H3. The minimum atomic E-state index is -0.0451. The molecule has 2 N–H and O–H groups in total. The van der Waals surface area contributed by atoms with Gasteiger partial charge in [0.15, 0.2) is 0 Å². The lowest BCUT2D eigenvalue weighted by Crippen LogP contribution is -2.35. The normalized spacial score (nSPS) is 19.4. The third-order valence-corrected chi connectivity index (χ3v) is 3.32. The molecular weight excluding hydrogens is 200 g/mol. The number of rotatable bonds is 3. The zero-order valence-electron chi connectivity index (χ0n) is 9.91. The molecule has 1 aromatic rings. The fourth-order valence-corrected chi connectivity index (χ4v) is 2.31. The Balaban J connectivity index is 2.12. The predicted molar refractivity (Wildman–Crippen MR) is 64.2 cm³/mol.